The first-order valence-corrected chi connectivity index (χ1v) is 11.8. The van der Waals surface area contributed by atoms with Crippen LogP contribution in [0.2, 0.25) is 5.02 Å². The highest BCUT2D eigenvalue weighted by Gasteiger charge is 2.28. The van der Waals surface area contributed by atoms with E-state index in [-0.39, 0.29) is 11.1 Å². The molecule has 0 heterocycles. The summed E-state index contributed by atoms with van der Waals surface area (Å²) in [7, 11) is -2.32. The molecule has 162 valence electrons. The summed E-state index contributed by atoms with van der Waals surface area (Å²) in [5.41, 5.74) is 3.90. The molecule has 1 saturated carbocycles. The standard InChI is InChI=1S/C20H30ClN3O4S/c1-20(2,3)14-6-9-16(10-7-14)22-23-19(25)13-24(29(5,26)27)17-12-15(21)8-11-18(17)28-4/h8,11-12,14H,6-7,9-10,13H2,1-5H3,(H,23,25). The van der Waals surface area contributed by atoms with E-state index in [4.69, 9.17) is 16.3 Å². The van der Waals surface area contributed by atoms with Gasteiger partial charge in [-0.3, -0.25) is 9.10 Å². The van der Waals surface area contributed by atoms with Crippen LogP contribution in [0.25, 0.3) is 0 Å². The quantitative estimate of drug-likeness (QED) is 0.677. The largest absolute Gasteiger partial charge is 0.495 e. The number of nitrogens with one attached hydrogen (secondary N) is 1. The van der Waals surface area contributed by atoms with Crippen molar-refractivity contribution in [1.82, 2.24) is 5.43 Å². The van der Waals surface area contributed by atoms with Crippen LogP contribution in [0.4, 0.5) is 5.69 Å². The van der Waals surface area contributed by atoms with E-state index < -0.39 is 22.5 Å². The summed E-state index contributed by atoms with van der Waals surface area (Å²) in [6.45, 7) is 6.30. The van der Waals surface area contributed by atoms with Crippen molar-refractivity contribution in [3.8, 4) is 5.75 Å². The van der Waals surface area contributed by atoms with Crippen LogP contribution in [-0.4, -0.2) is 39.9 Å². The summed E-state index contributed by atoms with van der Waals surface area (Å²) in [6.07, 6.45) is 4.77. The van der Waals surface area contributed by atoms with Crippen LogP contribution in [0.3, 0.4) is 0 Å². The number of ether oxygens (including phenoxy) is 1. The number of anilines is 1. The molecule has 1 aliphatic rings. The second kappa shape index (κ2) is 9.34. The van der Waals surface area contributed by atoms with Gasteiger partial charge in [-0.25, -0.2) is 13.8 Å². The average Bonchev–Trinajstić information content (AvgIpc) is 2.63. The lowest BCUT2D eigenvalue weighted by atomic mass is 9.72. The Morgan fingerprint density at radius 1 is 1.31 bits per heavy atom. The SMILES string of the molecule is COc1ccc(Cl)cc1N(CC(=O)NN=C1CCC(C(C)(C)C)CC1)S(C)(=O)=O. The molecule has 1 aromatic carbocycles. The van der Waals surface area contributed by atoms with Crippen LogP contribution < -0.4 is 14.5 Å². The van der Waals surface area contributed by atoms with Gasteiger partial charge >= 0.3 is 0 Å². The molecule has 0 atom stereocenters. The minimum absolute atomic E-state index is 0.205. The van der Waals surface area contributed by atoms with Crippen LogP contribution in [0, 0.1) is 11.3 Å². The molecule has 9 heteroatoms. The molecule has 7 nitrogen and oxygen atoms in total. The predicted octanol–water partition coefficient (Wildman–Crippen LogP) is 3.82. The molecule has 2 rings (SSSR count). The lowest BCUT2D eigenvalue weighted by molar-refractivity contribution is -0.119. The van der Waals surface area contributed by atoms with Crippen molar-refractivity contribution in [2.45, 2.75) is 46.5 Å². The van der Waals surface area contributed by atoms with Gasteiger partial charge in [-0.05, 0) is 55.2 Å². The van der Waals surface area contributed by atoms with Crippen molar-refractivity contribution in [2.75, 3.05) is 24.2 Å². The smallest absolute Gasteiger partial charge is 0.260 e. The Morgan fingerprint density at radius 2 is 1.93 bits per heavy atom. The fraction of sp³-hybridized carbons (Fsp3) is 0.600. The van der Waals surface area contributed by atoms with Gasteiger partial charge in [0.05, 0.1) is 19.1 Å². The number of nitrogens with zero attached hydrogens (tertiary/aromatic N) is 2. The lowest BCUT2D eigenvalue weighted by Gasteiger charge is -2.34. The number of hydrazone groups is 1. The Labute approximate surface area is 178 Å². The van der Waals surface area contributed by atoms with Gasteiger partial charge in [0.1, 0.15) is 12.3 Å². The molecule has 0 saturated heterocycles. The van der Waals surface area contributed by atoms with Crippen molar-refractivity contribution in [2.24, 2.45) is 16.4 Å². The number of sulfonamides is 1. The van der Waals surface area contributed by atoms with E-state index in [1.165, 1.54) is 13.2 Å². The molecule has 0 unspecified atom stereocenters. The first-order chi connectivity index (χ1) is 13.4. The van der Waals surface area contributed by atoms with Crippen LogP contribution >= 0.6 is 11.6 Å². The third kappa shape index (κ3) is 6.60. The molecule has 1 amide bonds. The van der Waals surface area contributed by atoms with Gasteiger partial charge in [0.15, 0.2) is 0 Å². The van der Waals surface area contributed by atoms with Crippen molar-refractivity contribution in [1.29, 1.82) is 0 Å². The molecule has 0 aliphatic heterocycles. The normalized spacial score (nSPS) is 17.6. The molecule has 1 N–H and O–H groups in total. The van der Waals surface area contributed by atoms with Crippen molar-refractivity contribution >= 4 is 38.9 Å². The molecule has 0 aromatic heterocycles. The van der Waals surface area contributed by atoms with Gasteiger partial charge in [0, 0.05) is 10.7 Å². The van der Waals surface area contributed by atoms with E-state index in [0.717, 1.165) is 42.0 Å². The molecule has 29 heavy (non-hydrogen) atoms. The number of hydrogen-bond acceptors (Lipinski definition) is 5. The van der Waals surface area contributed by atoms with Crippen LogP contribution in [0.5, 0.6) is 5.75 Å². The first kappa shape index (κ1) is 23.5. The number of methoxy groups -OCH3 is 1. The van der Waals surface area contributed by atoms with Gasteiger partial charge in [-0.1, -0.05) is 32.4 Å². The van der Waals surface area contributed by atoms with Gasteiger partial charge in [-0.2, -0.15) is 5.10 Å². The Morgan fingerprint density at radius 3 is 2.45 bits per heavy atom. The Balaban J connectivity index is 2.08. The zero-order valence-corrected chi connectivity index (χ0v) is 19.2. The van der Waals surface area contributed by atoms with Crippen molar-refractivity contribution in [3.05, 3.63) is 23.2 Å². The van der Waals surface area contributed by atoms with E-state index >= 15 is 0 Å². The third-order valence-corrected chi connectivity index (χ3v) is 6.58. The molecular formula is C20H30ClN3O4S. The highest BCUT2D eigenvalue weighted by atomic mass is 35.5. The minimum atomic E-state index is -3.74. The number of carbonyl (C=O) groups is 1. The zero-order valence-electron chi connectivity index (χ0n) is 17.7. The monoisotopic (exact) mass is 443 g/mol. The highest BCUT2D eigenvalue weighted by molar-refractivity contribution is 7.92. The van der Waals surface area contributed by atoms with Crippen LogP contribution in [-0.2, 0) is 14.8 Å². The predicted molar refractivity (Wildman–Crippen MR) is 117 cm³/mol. The number of rotatable bonds is 6. The number of hydrogen-bond donors (Lipinski definition) is 1. The fourth-order valence-electron chi connectivity index (χ4n) is 3.48. The van der Waals surface area contributed by atoms with Gasteiger partial charge in [0.2, 0.25) is 10.0 Å². The molecule has 1 fully saturated rings. The van der Waals surface area contributed by atoms with Crippen LogP contribution in [0.1, 0.15) is 46.5 Å². The van der Waals surface area contributed by atoms with E-state index in [2.05, 4.69) is 31.3 Å². The van der Waals surface area contributed by atoms with Gasteiger partial charge < -0.3 is 4.74 Å². The molecule has 0 spiro atoms. The van der Waals surface area contributed by atoms with Crippen molar-refractivity contribution < 1.29 is 17.9 Å². The van der Waals surface area contributed by atoms with Gasteiger partial charge in [-0.15, -0.1) is 0 Å². The number of carbonyl (C=O) groups excluding carboxylic acids is 1. The summed E-state index contributed by atoms with van der Waals surface area (Å²) in [4.78, 5) is 12.4. The maximum Gasteiger partial charge on any atom is 0.260 e. The summed E-state index contributed by atoms with van der Waals surface area (Å²) in [6, 6.07) is 4.60. The molecule has 1 aromatic rings. The Bertz CT molecular complexity index is 868. The number of benzene rings is 1. The number of halogens is 1. The maximum absolute atomic E-state index is 12.4. The number of amides is 1. The van der Waals surface area contributed by atoms with E-state index in [1.807, 2.05) is 0 Å². The van der Waals surface area contributed by atoms with E-state index in [0.29, 0.717) is 16.7 Å². The topological polar surface area (TPSA) is 88.1 Å². The van der Waals surface area contributed by atoms with E-state index in [9.17, 15) is 13.2 Å². The summed E-state index contributed by atoms with van der Waals surface area (Å²) in [5.74, 6) is 0.413. The molecule has 1 aliphatic carbocycles. The minimum Gasteiger partial charge on any atom is -0.495 e. The summed E-state index contributed by atoms with van der Waals surface area (Å²) >= 11 is 6.01. The second-order valence-electron chi connectivity index (χ2n) is 8.44. The van der Waals surface area contributed by atoms with Crippen LogP contribution in [0.15, 0.2) is 23.3 Å². The zero-order chi connectivity index (χ0) is 21.8. The molecular weight excluding hydrogens is 414 g/mol. The summed E-state index contributed by atoms with van der Waals surface area (Å²) in [5, 5.41) is 4.57. The Hall–Kier alpha value is -1.80. The first-order valence-electron chi connectivity index (χ1n) is 9.57. The maximum atomic E-state index is 12.4. The van der Waals surface area contributed by atoms with E-state index in [1.54, 1.807) is 12.1 Å². The lowest BCUT2D eigenvalue weighted by Crippen LogP contribution is -2.39. The third-order valence-electron chi connectivity index (χ3n) is 5.22. The fourth-order valence-corrected chi connectivity index (χ4v) is 4.49. The summed E-state index contributed by atoms with van der Waals surface area (Å²) < 4.78 is 30.8. The highest BCUT2D eigenvalue weighted by Crippen LogP contribution is 2.37. The van der Waals surface area contributed by atoms with Crippen molar-refractivity contribution in [3.63, 3.8) is 0 Å². The Kier molecular flexibility index (Phi) is 7.56. The average molecular weight is 444 g/mol. The molecule has 0 bridgehead atoms. The van der Waals surface area contributed by atoms with Gasteiger partial charge in [0.25, 0.3) is 5.91 Å². The second-order valence-corrected chi connectivity index (χ2v) is 10.8. The molecule has 0 radical (unpaired) electrons.